The van der Waals surface area contributed by atoms with Crippen molar-refractivity contribution in [1.29, 1.82) is 10.5 Å². The fourth-order valence-electron chi connectivity index (χ4n) is 6.41. The lowest BCUT2D eigenvalue weighted by Crippen LogP contribution is -2.46. The van der Waals surface area contributed by atoms with Crippen LogP contribution in [0.1, 0.15) is 113 Å². The first-order valence-electron chi connectivity index (χ1n) is 17.9. The molecule has 0 bridgehead atoms. The topological polar surface area (TPSA) is 218 Å². The van der Waals surface area contributed by atoms with Crippen molar-refractivity contribution < 1.29 is 42.6 Å². The van der Waals surface area contributed by atoms with E-state index in [9.17, 15) is 34.6 Å². The van der Waals surface area contributed by atoms with Crippen LogP contribution in [-0.2, 0) is 29.7 Å². The third kappa shape index (κ3) is 11.5. The molecule has 0 radical (unpaired) electrons. The van der Waals surface area contributed by atoms with Crippen molar-refractivity contribution in [3.05, 3.63) is 59.3 Å². The summed E-state index contributed by atoms with van der Waals surface area (Å²) in [6.45, 7) is 1.01. The van der Waals surface area contributed by atoms with Crippen molar-refractivity contribution in [2.45, 2.75) is 127 Å². The predicted octanol–water partition coefficient (Wildman–Crippen LogP) is 6.19. The van der Waals surface area contributed by atoms with Gasteiger partial charge in [0.25, 0.3) is 0 Å². The lowest BCUT2D eigenvalue weighted by atomic mass is 9.92. The number of nitrogens with two attached hydrogens (primary N) is 1. The standard InChI is InChI=1S/C36H50FN6O8P/c1-2-3-4-5-6-7-8-9-10-11-12-13-29(48-22-27-18-26(21-39)19-28(37)20-27)23-49-52(46,47)50-24-36(16-17-38)34(45)32(44)33(51-36)30-14-15-31-35(40)41-25-42-43(30)31/h14-15,18-20,25,29,32-34,44-45H,2-13,16,22-24H2,1H3,(H,46,47)(H2,40,41,42)/t29-,32-,33-,34-,36+/m0/s1. The zero-order valence-electron chi connectivity index (χ0n) is 29.6. The van der Waals surface area contributed by atoms with E-state index in [4.69, 9.17) is 24.3 Å². The van der Waals surface area contributed by atoms with E-state index in [1.807, 2.05) is 12.1 Å². The molecule has 1 aliphatic rings. The average Bonchev–Trinajstić information content (AvgIpc) is 3.66. The highest BCUT2D eigenvalue weighted by Gasteiger charge is 2.56. The molecule has 14 nitrogen and oxygen atoms in total. The Morgan fingerprint density at radius 1 is 1.06 bits per heavy atom. The number of ether oxygens (including phenoxy) is 2. The number of hydrogen-bond donors (Lipinski definition) is 4. The molecule has 6 atom stereocenters. The molecular formula is C36H50FN6O8P. The number of anilines is 1. The molecule has 0 saturated carbocycles. The molecule has 1 unspecified atom stereocenters. The lowest BCUT2D eigenvalue weighted by molar-refractivity contribution is -0.110. The number of phosphoric ester groups is 1. The van der Waals surface area contributed by atoms with Crippen molar-refractivity contribution in [3.8, 4) is 12.1 Å². The highest BCUT2D eigenvalue weighted by atomic mass is 31.2. The SMILES string of the molecule is CCCCCCCCCCCCC[C@@H](COP(=O)(O)OC[C@@]1(CC#N)O[C@@H](c2ccc3c(N)ncnn23)[C@H](O)[C@@H]1O)OCc1cc(F)cc(C#N)c1. The van der Waals surface area contributed by atoms with Crippen LogP contribution in [-0.4, -0.2) is 66.8 Å². The van der Waals surface area contributed by atoms with Gasteiger partial charge in [-0.25, -0.2) is 18.5 Å². The lowest BCUT2D eigenvalue weighted by Gasteiger charge is -2.30. The van der Waals surface area contributed by atoms with E-state index >= 15 is 0 Å². The monoisotopic (exact) mass is 744 g/mol. The van der Waals surface area contributed by atoms with Crippen LogP contribution in [0, 0.1) is 28.5 Å². The summed E-state index contributed by atoms with van der Waals surface area (Å²) in [6, 6.07) is 10.9. The van der Waals surface area contributed by atoms with E-state index in [1.165, 1.54) is 67.9 Å². The van der Waals surface area contributed by atoms with Crippen LogP contribution in [0.2, 0.25) is 0 Å². The van der Waals surface area contributed by atoms with Crippen molar-refractivity contribution in [3.63, 3.8) is 0 Å². The molecule has 284 valence electrons. The molecule has 5 N–H and O–H groups in total. The normalized spacial score (nSPS) is 21.9. The number of unbranched alkanes of at least 4 members (excludes halogenated alkanes) is 10. The Hall–Kier alpha value is -3.50. The maximum absolute atomic E-state index is 14.0. The summed E-state index contributed by atoms with van der Waals surface area (Å²) in [4.78, 5) is 14.6. The fraction of sp³-hybridized carbons (Fsp3) is 0.611. The molecule has 2 aromatic heterocycles. The number of halogens is 1. The van der Waals surface area contributed by atoms with Gasteiger partial charge < -0.3 is 30.3 Å². The molecule has 4 rings (SSSR count). The number of benzene rings is 1. The smallest absolute Gasteiger partial charge is 0.387 e. The average molecular weight is 745 g/mol. The number of nitriles is 2. The summed E-state index contributed by atoms with van der Waals surface area (Å²) in [6.07, 6.45) is 8.63. The Morgan fingerprint density at radius 2 is 1.75 bits per heavy atom. The minimum atomic E-state index is -4.83. The van der Waals surface area contributed by atoms with Gasteiger partial charge in [-0.3, -0.25) is 9.05 Å². The van der Waals surface area contributed by atoms with E-state index in [-0.39, 0.29) is 24.6 Å². The maximum Gasteiger partial charge on any atom is 0.472 e. The first kappa shape index (κ1) is 41.3. The highest BCUT2D eigenvalue weighted by molar-refractivity contribution is 7.47. The summed E-state index contributed by atoms with van der Waals surface area (Å²) in [7, 11) is -4.83. The van der Waals surface area contributed by atoms with Crippen molar-refractivity contribution in [2.24, 2.45) is 0 Å². The third-order valence-electron chi connectivity index (χ3n) is 9.31. The van der Waals surface area contributed by atoms with Gasteiger partial charge in [-0.15, -0.1) is 0 Å². The van der Waals surface area contributed by atoms with Crippen molar-refractivity contribution >= 4 is 19.2 Å². The van der Waals surface area contributed by atoms with Crippen LogP contribution in [0.4, 0.5) is 10.2 Å². The molecule has 52 heavy (non-hydrogen) atoms. The van der Waals surface area contributed by atoms with Gasteiger partial charge >= 0.3 is 7.82 Å². The fourth-order valence-corrected chi connectivity index (χ4v) is 7.22. The first-order valence-corrected chi connectivity index (χ1v) is 19.4. The number of hydrogen-bond acceptors (Lipinski definition) is 12. The molecule has 1 fully saturated rings. The van der Waals surface area contributed by atoms with Gasteiger partial charge in [0.15, 0.2) is 5.82 Å². The maximum atomic E-state index is 14.0. The van der Waals surface area contributed by atoms with Crippen LogP contribution in [0.15, 0.2) is 36.7 Å². The number of rotatable bonds is 23. The minimum absolute atomic E-state index is 0.0648. The van der Waals surface area contributed by atoms with Gasteiger partial charge in [-0.2, -0.15) is 15.6 Å². The zero-order valence-corrected chi connectivity index (χ0v) is 30.5. The molecule has 3 aromatic rings. The number of aromatic nitrogens is 3. The minimum Gasteiger partial charge on any atom is -0.387 e. The number of aliphatic hydroxyl groups excluding tert-OH is 2. The van der Waals surface area contributed by atoms with E-state index in [2.05, 4.69) is 17.0 Å². The van der Waals surface area contributed by atoms with Gasteiger partial charge in [-0.1, -0.05) is 77.6 Å². The van der Waals surface area contributed by atoms with Gasteiger partial charge in [0.2, 0.25) is 0 Å². The Labute approximate surface area is 303 Å². The molecule has 0 spiro atoms. The van der Waals surface area contributed by atoms with Crippen LogP contribution >= 0.6 is 7.82 Å². The van der Waals surface area contributed by atoms with E-state index in [0.717, 1.165) is 31.7 Å². The number of nitrogen functional groups attached to an aromatic ring is 1. The van der Waals surface area contributed by atoms with Gasteiger partial charge in [0.1, 0.15) is 41.6 Å². The van der Waals surface area contributed by atoms with E-state index < -0.39 is 56.7 Å². The Balaban J connectivity index is 1.35. The predicted molar refractivity (Wildman–Crippen MR) is 189 cm³/mol. The molecule has 1 aliphatic heterocycles. The number of fused-ring (bicyclic) bond motifs is 1. The second-order valence-corrected chi connectivity index (χ2v) is 14.8. The number of nitrogens with zero attached hydrogens (tertiary/aromatic N) is 5. The number of phosphoric acid groups is 1. The van der Waals surface area contributed by atoms with Crippen molar-refractivity contribution in [2.75, 3.05) is 18.9 Å². The second kappa shape index (κ2) is 20.1. The molecule has 1 saturated heterocycles. The Morgan fingerprint density at radius 3 is 2.42 bits per heavy atom. The summed E-state index contributed by atoms with van der Waals surface area (Å²) >= 11 is 0. The summed E-state index contributed by atoms with van der Waals surface area (Å²) in [5.41, 5.74) is 5.32. The van der Waals surface area contributed by atoms with E-state index in [0.29, 0.717) is 23.2 Å². The van der Waals surface area contributed by atoms with Gasteiger partial charge in [-0.05, 0) is 42.3 Å². The molecule has 16 heteroatoms. The Bertz CT molecular complexity index is 1720. The highest BCUT2D eigenvalue weighted by Crippen LogP contribution is 2.49. The molecule has 0 aliphatic carbocycles. The third-order valence-corrected chi connectivity index (χ3v) is 10.2. The first-order chi connectivity index (χ1) is 25.0. The van der Waals surface area contributed by atoms with Crippen LogP contribution in [0.5, 0.6) is 0 Å². The summed E-state index contributed by atoms with van der Waals surface area (Å²) in [5.74, 6) is -0.408. The molecule has 3 heterocycles. The van der Waals surface area contributed by atoms with E-state index in [1.54, 1.807) is 12.1 Å². The summed E-state index contributed by atoms with van der Waals surface area (Å²) in [5, 5.41) is 45.0. The zero-order chi connectivity index (χ0) is 37.6. The quantitative estimate of drug-likeness (QED) is 0.0630. The molecular weight excluding hydrogens is 694 g/mol. The molecule has 0 amide bonds. The van der Waals surface area contributed by atoms with Gasteiger partial charge in [0.05, 0.1) is 55.7 Å². The Kier molecular flexibility index (Phi) is 15.9. The second-order valence-electron chi connectivity index (χ2n) is 13.3. The summed E-state index contributed by atoms with van der Waals surface area (Å²) < 4.78 is 51.2. The van der Waals surface area contributed by atoms with Crippen molar-refractivity contribution in [1.82, 2.24) is 14.6 Å². The largest absolute Gasteiger partial charge is 0.472 e. The molecule has 1 aromatic carbocycles. The van der Waals surface area contributed by atoms with Crippen LogP contribution in [0.3, 0.4) is 0 Å². The van der Waals surface area contributed by atoms with Crippen LogP contribution < -0.4 is 5.73 Å². The van der Waals surface area contributed by atoms with Crippen LogP contribution in [0.25, 0.3) is 5.52 Å². The number of aliphatic hydroxyl groups is 2. The van der Waals surface area contributed by atoms with Gasteiger partial charge in [0, 0.05) is 0 Å².